The molecule has 4 aliphatic carbocycles. The highest BCUT2D eigenvalue weighted by atomic mass is 16.3. The van der Waals surface area contributed by atoms with Crippen LogP contribution in [0.1, 0.15) is 71.6 Å². The van der Waals surface area contributed by atoms with E-state index >= 15 is 0 Å². The average molecular weight is 304 g/mol. The highest BCUT2D eigenvalue weighted by molar-refractivity contribution is 5.87. The lowest BCUT2D eigenvalue weighted by atomic mass is 9.43. The van der Waals surface area contributed by atoms with Gasteiger partial charge < -0.3 is 5.11 Å². The monoisotopic (exact) mass is 304 g/mol. The molecule has 0 heterocycles. The lowest BCUT2D eigenvalue weighted by Crippen LogP contribution is -2.65. The van der Waals surface area contributed by atoms with Crippen LogP contribution in [-0.2, 0) is 9.59 Å². The number of ketones is 2. The minimum Gasteiger partial charge on any atom is -0.389 e. The Bertz CT molecular complexity index is 541. The molecule has 1 N–H and O–H groups in total. The summed E-state index contributed by atoms with van der Waals surface area (Å²) < 4.78 is 0. The lowest BCUT2D eigenvalue weighted by Gasteiger charge is -2.64. The van der Waals surface area contributed by atoms with E-state index in [4.69, 9.17) is 0 Å². The molecule has 4 rings (SSSR count). The van der Waals surface area contributed by atoms with E-state index in [0.717, 1.165) is 38.5 Å². The molecular weight excluding hydrogens is 276 g/mol. The molecule has 4 saturated carbocycles. The van der Waals surface area contributed by atoms with Crippen LogP contribution in [-0.4, -0.2) is 22.3 Å². The Morgan fingerprint density at radius 1 is 0.955 bits per heavy atom. The van der Waals surface area contributed by atoms with Gasteiger partial charge in [-0.2, -0.15) is 0 Å². The van der Waals surface area contributed by atoms with Gasteiger partial charge in [-0.3, -0.25) is 9.59 Å². The van der Waals surface area contributed by atoms with Gasteiger partial charge in [-0.05, 0) is 56.3 Å². The second-order valence-electron chi connectivity index (χ2n) is 8.95. The van der Waals surface area contributed by atoms with Gasteiger partial charge in [0.25, 0.3) is 0 Å². The van der Waals surface area contributed by atoms with E-state index in [1.807, 2.05) is 0 Å². The number of rotatable bonds is 0. The quantitative estimate of drug-likeness (QED) is 0.747. The number of fused-ring (bicyclic) bond motifs is 5. The normalized spacial score (nSPS) is 54.6. The fraction of sp³-hybridized carbons (Fsp3) is 0.895. The van der Waals surface area contributed by atoms with E-state index in [1.54, 1.807) is 0 Å². The van der Waals surface area contributed by atoms with Crippen molar-refractivity contribution in [1.82, 2.24) is 0 Å². The molecule has 0 radical (unpaired) electrons. The molecular formula is C19H28O3. The van der Waals surface area contributed by atoms with E-state index in [0.29, 0.717) is 42.7 Å². The Balaban J connectivity index is 1.72. The van der Waals surface area contributed by atoms with Gasteiger partial charge >= 0.3 is 0 Å². The van der Waals surface area contributed by atoms with Crippen molar-refractivity contribution >= 4 is 11.6 Å². The Hall–Kier alpha value is -0.700. The van der Waals surface area contributed by atoms with Gasteiger partial charge in [0.05, 0.1) is 5.60 Å². The predicted molar refractivity (Wildman–Crippen MR) is 83.2 cm³/mol. The summed E-state index contributed by atoms with van der Waals surface area (Å²) in [5.74, 6) is 1.75. The predicted octanol–water partition coefficient (Wildman–Crippen LogP) is 3.28. The molecule has 122 valence electrons. The first-order chi connectivity index (χ1) is 10.3. The van der Waals surface area contributed by atoms with Gasteiger partial charge in [0, 0.05) is 30.1 Å². The molecule has 22 heavy (non-hydrogen) atoms. The summed E-state index contributed by atoms with van der Waals surface area (Å²) in [6, 6.07) is 0. The Kier molecular flexibility index (Phi) is 3.00. The maximum absolute atomic E-state index is 12.4. The molecule has 6 unspecified atom stereocenters. The lowest BCUT2D eigenvalue weighted by molar-refractivity contribution is -0.228. The first-order valence-corrected chi connectivity index (χ1v) is 9.09. The van der Waals surface area contributed by atoms with Crippen molar-refractivity contribution in [3.8, 4) is 0 Å². The van der Waals surface area contributed by atoms with Crippen LogP contribution in [0.15, 0.2) is 0 Å². The van der Waals surface area contributed by atoms with Crippen LogP contribution >= 0.6 is 0 Å². The second-order valence-corrected chi connectivity index (χ2v) is 8.95. The Morgan fingerprint density at radius 2 is 1.73 bits per heavy atom. The maximum Gasteiger partial charge on any atom is 0.139 e. The van der Waals surface area contributed by atoms with Gasteiger partial charge in [-0.25, -0.2) is 0 Å². The highest BCUT2D eigenvalue weighted by Gasteiger charge is 2.66. The van der Waals surface area contributed by atoms with Crippen LogP contribution in [0.5, 0.6) is 0 Å². The molecule has 0 aliphatic heterocycles. The molecule has 4 aliphatic rings. The van der Waals surface area contributed by atoms with Gasteiger partial charge in [0.1, 0.15) is 11.6 Å². The molecule has 3 nitrogen and oxygen atoms in total. The average Bonchev–Trinajstić information content (AvgIpc) is 2.77. The molecule has 0 bridgehead atoms. The summed E-state index contributed by atoms with van der Waals surface area (Å²) in [4.78, 5) is 24.3. The standard InChI is InChI=1S/C19H28O3/c1-17-9-10-19(22)15(14(17)5-6-16(17)21)4-3-12-11-13(20)7-8-18(12,19)2/h12,14-15,22H,3-11H2,1-2H3. The van der Waals surface area contributed by atoms with Crippen molar-refractivity contribution in [3.63, 3.8) is 0 Å². The third-order valence-corrected chi connectivity index (χ3v) is 8.38. The SMILES string of the molecule is CC12CCC3(O)C(CCC4CC(=O)CCC43C)C1CCC2=O. The summed E-state index contributed by atoms with van der Waals surface area (Å²) in [6.07, 6.45) is 7.41. The minimum atomic E-state index is -0.661. The summed E-state index contributed by atoms with van der Waals surface area (Å²) >= 11 is 0. The van der Waals surface area contributed by atoms with Crippen LogP contribution in [0.4, 0.5) is 0 Å². The molecule has 0 aromatic carbocycles. The van der Waals surface area contributed by atoms with Crippen molar-refractivity contribution in [2.24, 2.45) is 28.6 Å². The van der Waals surface area contributed by atoms with Crippen LogP contribution in [0.3, 0.4) is 0 Å². The number of aliphatic hydroxyl groups is 1. The van der Waals surface area contributed by atoms with E-state index in [2.05, 4.69) is 13.8 Å². The number of hydrogen-bond acceptors (Lipinski definition) is 3. The van der Waals surface area contributed by atoms with Crippen molar-refractivity contribution < 1.29 is 14.7 Å². The van der Waals surface area contributed by atoms with Gasteiger partial charge in [-0.15, -0.1) is 0 Å². The molecule has 0 aromatic rings. The molecule has 4 fully saturated rings. The number of Topliss-reactive ketones (excluding diaryl/α,β-unsaturated/α-hetero) is 2. The van der Waals surface area contributed by atoms with Crippen molar-refractivity contribution in [3.05, 3.63) is 0 Å². The summed E-state index contributed by atoms with van der Waals surface area (Å²) in [5, 5.41) is 11.8. The fourth-order valence-electron chi connectivity index (χ4n) is 6.76. The number of carbonyl (C=O) groups is 2. The van der Waals surface area contributed by atoms with Crippen LogP contribution in [0.2, 0.25) is 0 Å². The van der Waals surface area contributed by atoms with Crippen LogP contribution in [0.25, 0.3) is 0 Å². The zero-order valence-electron chi connectivity index (χ0n) is 13.9. The van der Waals surface area contributed by atoms with Gasteiger partial charge in [-0.1, -0.05) is 13.8 Å². The van der Waals surface area contributed by atoms with Crippen LogP contribution < -0.4 is 0 Å². The third kappa shape index (κ3) is 1.61. The number of carbonyl (C=O) groups excluding carboxylic acids is 2. The molecule has 3 heteroatoms. The van der Waals surface area contributed by atoms with E-state index in [9.17, 15) is 14.7 Å². The van der Waals surface area contributed by atoms with Crippen LogP contribution in [0, 0.1) is 28.6 Å². The molecule has 0 spiro atoms. The van der Waals surface area contributed by atoms with E-state index in [1.165, 1.54) is 0 Å². The van der Waals surface area contributed by atoms with Crippen molar-refractivity contribution in [2.75, 3.05) is 0 Å². The second kappa shape index (κ2) is 4.43. The first kappa shape index (κ1) is 14.9. The van der Waals surface area contributed by atoms with E-state index in [-0.39, 0.29) is 16.7 Å². The Labute approximate surface area is 132 Å². The zero-order valence-corrected chi connectivity index (χ0v) is 13.9. The zero-order chi connectivity index (χ0) is 15.8. The smallest absolute Gasteiger partial charge is 0.139 e. The maximum atomic E-state index is 12.4. The third-order valence-electron chi connectivity index (χ3n) is 8.38. The van der Waals surface area contributed by atoms with Crippen molar-refractivity contribution in [2.45, 2.75) is 77.2 Å². The molecule has 6 atom stereocenters. The van der Waals surface area contributed by atoms with Gasteiger partial charge in [0.2, 0.25) is 0 Å². The fourth-order valence-corrected chi connectivity index (χ4v) is 6.76. The topological polar surface area (TPSA) is 54.4 Å². The minimum absolute atomic E-state index is 0.128. The van der Waals surface area contributed by atoms with Crippen molar-refractivity contribution in [1.29, 1.82) is 0 Å². The molecule has 0 aromatic heterocycles. The Morgan fingerprint density at radius 3 is 2.50 bits per heavy atom. The number of hydrogen-bond donors (Lipinski definition) is 1. The van der Waals surface area contributed by atoms with Gasteiger partial charge in [0.15, 0.2) is 0 Å². The first-order valence-electron chi connectivity index (χ1n) is 9.09. The largest absolute Gasteiger partial charge is 0.389 e. The molecule has 0 amide bonds. The summed E-state index contributed by atoms with van der Waals surface area (Å²) in [6.45, 7) is 4.38. The van der Waals surface area contributed by atoms with E-state index < -0.39 is 5.60 Å². The summed E-state index contributed by atoms with van der Waals surface area (Å²) in [5.41, 5.74) is -0.979. The summed E-state index contributed by atoms with van der Waals surface area (Å²) in [7, 11) is 0. The highest BCUT2D eigenvalue weighted by Crippen LogP contribution is 2.66. The molecule has 0 saturated heterocycles.